The van der Waals surface area contributed by atoms with Crippen LogP contribution in [0.1, 0.15) is 6.42 Å². The highest BCUT2D eigenvalue weighted by molar-refractivity contribution is 7.99. The lowest BCUT2D eigenvalue weighted by molar-refractivity contribution is -0.122. The third-order valence-corrected chi connectivity index (χ3v) is 5.32. The summed E-state index contributed by atoms with van der Waals surface area (Å²) in [6.45, 7) is 1.14. The molecule has 0 saturated carbocycles. The Bertz CT molecular complexity index is 820. The SMILES string of the molecule is COc1ccc(N2C[C@H](C(=O)Nc3nnc4n3CCS4)CC2=O)cc1. The zero-order chi connectivity index (χ0) is 17.4. The molecular weight excluding hydrogens is 342 g/mol. The highest BCUT2D eigenvalue weighted by atomic mass is 32.2. The maximum atomic E-state index is 12.5. The van der Waals surface area contributed by atoms with Crippen molar-refractivity contribution in [2.45, 2.75) is 18.1 Å². The molecule has 130 valence electrons. The molecule has 1 fully saturated rings. The van der Waals surface area contributed by atoms with E-state index in [1.54, 1.807) is 35.9 Å². The molecule has 3 heterocycles. The van der Waals surface area contributed by atoms with Gasteiger partial charge in [0.15, 0.2) is 5.16 Å². The lowest BCUT2D eigenvalue weighted by Crippen LogP contribution is -2.28. The van der Waals surface area contributed by atoms with Crippen molar-refractivity contribution < 1.29 is 14.3 Å². The Kier molecular flexibility index (Phi) is 4.08. The van der Waals surface area contributed by atoms with Crippen LogP contribution < -0.4 is 15.0 Å². The largest absolute Gasteiger partial charge is 0.497 e. The van der Waals surface area contributed by atoms with Crippen molar-refractivity contribution in [1.29, 1.82) is 0 Å². The normalized spacial score (nSPS) is 19.2. The number of hydrogen-bond donors (Lipinski definition) is 1. The molecule has 8 nitrogen and oxygen atoms in total. The molecule has 9 heteroatoms. The molecule has 25 heavy (non-hydrogen) atoms. The predicted octanol–water partition coefficient (Wildman–Crippen LogP) is 1.38. The van der Waals surface area contributed by atoms with Gasteiger partial charge in [-0.15, -0.1) is 10.2 Å². The molecular formula is C16H17N5O3S. The van der Waals surface area contributed by atoms with Crippen LogP contribution in [0.4, 0.5) is 11.6 Å². The summed E-state index contributed by atoms with van der Waals surface area (Å²) in [5.74, 6) is 1.45. The van der Waals surface area contributed by atoms with Gasteiger partial charge in [-0.1, -0.05) is 11.8 Å². The van der Waals surface area contributed by atoms with E-state index in [-0.39, 0.29) is 18.2 Å². The van der Waals surface area contributed by atoms with Crippen LogP contribution in [0, 0.1) is 5.92 Å². The molecule has 2 aliphatic heterocycles. The number of carbonyl (C=O) groups is 2. The minimum atomic E-state index is -0.406. The molecule has 4 rings (SSSR count). The van der Waals surface area contributed by atoms with Crippen molar-refractivity contribution in [1.82, 2.24) is 14.8 Å². The number of aromatic nitrogens is 3. The molecule has 2 amide bonds. The van der Waals surface area contributed by atoms with Gasteiger partial charge in [0.1, 0.15) is 5.75 Å². The Morgan fingerprint density at radius 2 is 2.12 bits per heavy atom. The molecule has 2 aliphatic rings. The van der Waals surface area contributed by atoms with Crippen molar-refractivity contribution in [3.05, 3.63) is 24.3 Å². The van der Waals surface area contributed by atoms with E-state index in [9.17, 15) is 9.59 Å². The maximum absolute atomic E-state index is 12.5. The molecule has 1 aromatic carbocycles. The zero-order valence-corrected chi connectivity index (χ0v) is 14.5. The summed E-state index contributed by atoms with van der Waals surface area (Å²) < 4.78 is 7.02. The fraction of sp³-hybridized carbons (Fsp3) is 0.375. The third-order valence-electron chi connectivity index (χ3n) is 4.38. The van der Waals surface area contributed by atoms with Crippen LogP contribution in [0.2, 0.25) is 0 Å². The molecule has 0 radical (unpaired) electrons. The first kappa shape index (κ1) is 15.9. The van der Waals surface area contributed by atoms with Crippen LogP contribution >= 0.6 is 11.8 Å². The number of fused-ring (bicyclic) bond motifs is 1. The number of anilines is 2. The van der Waals surface area contributed by atoms with Gasteiger partial charge in [-0.05, 0) is 24.3 Å². The summed E-state index contributed by atoms with van der Waals surface area (Å²) in [4.78, 5) is 26.5. The summed E-state index contributed by atoms with van der Waals surface area (Å²) in [6.07, 6.45) is 0.188. The van der Waals surface area contributed by atoms with Gasteiger partial charge in [-0.25, -0.2) is 0 Å². The highest BCUT2D eigenvalue weighted by Crippen LogP contribution is 2.29. The average Bonchev–Trinajstić information content (AvgIpc) is 3.32. The van der Waals surface area contributed by atoms with E-state index < -0.39 is 5.92 Å². The second kappa shape index (κ2) is 6.40. The van der Waals surface area contributed by atoms with E-state index in [0.29, 0.717) is 12.5 Å². The number of hydrogen-bond acceptors (Lipinski definition) is 6. The first-order valence-corrected chi connectivity index (χ1v) is 8.95. The lowest BCUT2D eigenvalue weighted by atomic mass is 10.1. The molecule has 2 aromatic rings. The van der Waals surface area contributed by atoms with Gasteiger partial charge in [0.25, 0.3) is 0 Å². The first-order valence-electron chi connectivity index (χ1n) is 7.97. The van der Waals surface area contributed by atoms with Gasteiger partial charge < -0.3 is 9.64 Å². The Balaban J connectivity index is 1.44. The van der Waals surface area contributed by atoms with Gasteiger partial charge in [-0.3, -0.25) is 19.5 Å². The van der Waals surface area contributed by atoms with Crippen LogP contribution in [-0.2, 0) is 16.1 Å². The second-order valence-electron chi connectivity index (χ2n) is 5.90. The number of nitrogens with zero attached hydrogens (tertiary/aromatic N) is 4. The van der Waals surface area contributed by atoms with E-state index in [2.05, 4.69) is 15.5 Å². The number of methoxy groups -OCH3 is 1. The molecule has 1 saturated heterocycles. The summed E-state index contributed by atoms with van der Waals surface area (Å²) in [7, 11) is 1.59. The number of amides is 2. The molecule has 0 bridgehead atoms. The van der Waals surface area contributed by atoms with E-state index in [1.807, 2.05) is 16.7 Å². The van der Waals surface area contributed by atoms with E-state index >= 15 is 0 Å². The summed E-state index contributed by atoms with van der Waals surface area (Å²) in [5, 5.41) is 11.7. The quantitative estimate of drug-likeness (QED) is 0.887. The zero-order valence-electron chi connectivity index (χ0n) is 13.6. The van der Waals surface area contributed by atoms with Gasteiger partial charge in [0, 0.05) is 31.0 Å². The van der Waals surface area contributed by atoms with Crippen molar-refractivity contribution in [3.8, 4) is 5.75 Å². The minimum Gasteiger partial charge on any atom is -0.497 e. The molecule has 1 N–H and O–H groups in total. The van der Waals surface area contributed by atoms with E-state index in [1.165, 1.54) is 0 Å². The number of nitrogens with one attached hydrogen (secondary N) is 1. The highest BCUT2D eigenvalue weighted by Gasteiger charge is 2.36. The molecule has 0 unspecified atom stereocenters. The van der Waals surface area contributed by atoms with Crippen LogP contribution in [0.15, 0.2) is 29.4 Å². The average molecular weight is 359 g/mol. The van der Waals surface area contributed by atoms with Gasteiger partial charge in [0.05, 0.1) is 13.0 Å². The lowest BCUT2D eigenvalue weighted by Gasteiger charge is -2.17. The molecule has 1 atom stereocenters. The Morgan fingerprint density at radius 1 is 1.32 bits per heavy atom. The standard InChI is InChI=1S/C16H17N5O3S/c1-24-12-4-2-11(3-5-12)21-9-10(8-13(21)22)14(23)17-15-18-19-16-20(15)6-7-25-16/h2-5,10H,6-9H2,1H3,(H,17,18,23)/t10-/m1/s1. The van der Waals surface area contributed by atoms with Crippen LogP contribution in [0.5, 0.6) is 5.75 Å². The molecule has 0 spiro atoms. The number of ether oxygens (including phenoxy) is 1. The summed E-state index contributed by atoms with van der Waals surface area (Å²) >= 11 is 1.61. The van der Waals surface area contributed by atoms with Crippen molar-refractivity contribution in [2.75, 3.05) is 29.6 Å². The Hall–Kier alpha value is -2.55. The van der Waals surface area contributed by atoms with E-state index in [0.717, 1.165) is 28.9 Å². The monoisotopic (exact) mass is 359 g/mol. The number of benzene rings is 1. The topological polar surface area (TPSA) is 89.3 Å². The number of rotatable bonds is 4. The van der Waals surface area contributed by atoms with Gasteiger partial charge in [0.2, 0.25) is 17.8 Å². The predicted molar refractivity (Wildman–Crippen MR) is 92.8 cm³/mol. The third kappa shape index (κ3) is 2.95. The number of thioether (sulfide) groups is 1. The van der Waals surface area contributed by atoms with Gasteiger partial charge in [-0.2, -0.15) is 0 Å². The summed E-state index contributed by atoms with van der Waals surface area (Å²) in [6, 6.07) is 7.24. The van der Waals surface area contributed by atoms with Crippen LogP contribution in [0.25, 0.3) is 0 Å². The second-order valence-corrected chi connectivity index (χ2v) is 6.96. The maximum Gasteiger partial charge on any atom is 0.232 e. The van der Waals surface area contributed by atoms with Gasteiger partial charge >= 0.3 is 0 Å². The minimum absolute atomic E-state index is 0.0626. The van der Waals surface area contributed by atoms with E-state index in [4.69, 9.17) is 4.74 Å². The van der Waals surface area contributed by atoms with Crippen molar-refractivity contribution >= 4 is 35.2 Å². The smallest absolute Gasteiger partial charge is 0.232 e. The Morgan fingerprint density at radius 3 is 2.88 bits per heavy atom. The van der Waals surface area contributed by atoms with Crippen LogP contribution in [0.3, 0.4) is 0 Å². The molecule has 0 aliphatic carbocycles. The summed E-state index contributed by atoms with van der Waals surface area (Å²) in [5.41, 5.74) is 0.765. The first-order chi connectivity index (χ1) is 12.2. The van der Waals surface area contributed by atoms with Crippen molar-refractivity contribution in [3.63, 3.8) is 0 Å². The van der Waals surface area contributed by atoms with Crippen molar-refractivity contribution in [2.24, 2.45) is 5.92 Å². The fourth-order valence-corrected chi connectivity index (χ4v) is 3.91. The molecule has 1 aromatic heterocycles. The van der Waals surface area contributed by atoms with Crippen LogP contribution in [-0.4, -0.2) is 46.0 Å². The number of carbonyl (C=O) groups excluding carboxylic acids is 2. The fourth-order valence-electron chi connectivity index (χ4n) is 3.02. The Labute approximate surface area is 148 Å².